The zero-order valence-electron chi connectivity index (χ0n) is 14.1. The Bertz CT molecular complexity index is 852. The maximum atomic E-state index is 12.5. The number of nitrogens with one attached hydrogen (secondary N) is 1. The van der Waals surface area contributed by atoms with Crippen molar-refractivity contribution >= 4 is 34.6 Å². The molecule has 0 saturated heterocycles. The van der Waals surface area contributed by atoms with Crippen molar-refractivity contribution in [3.05, 3.63) is 69.8 Å². The van der Waals surface area contributed by atoms with E-state index in [9.17, 15) is 14.9 Å². The van der Waals surface area contributed by atoms with Gasteiger partial charge in [-0.1, -0.05) is 29.8 Å². The van der Waals surface area contributed by atoms with Crippen LogP contribution in [0.25, 0.3) is 0 Å². The highest BCUT2D eigenvalue weighted by atomic mass is 32.1. The van der Waals surface area contributed by atoms with Crippen LogP contribution in [0.4, 0.5) is 11.4 Å². The predicted octanol–water partition coefficient (Wildman–Crippen LogP) is 2.79. The van der Waals surface area contributed by atoms with Crippen molar-refractivity contribution in [3.63, 3.8) is 0 Å². The summed E-state index contributed by atoms with van der Waals surface area (Å²) in [5, 5.41) is 12.0. The van der Waals surface area contributed by atoms with Crippen molar-refractivity contribution in [2.45, 2.75) is 19.3 Å². The SMILES string of the molecule is Cc1ccc(C2CC2C(=O)NN(C(N)=S)c2ccc([N+](=O)[O-])cc2)cc1. The molecule has 2 unspecified atom stereocenters. The minimum atomic E-state index is -0.496. The molecule has 1 saturated carbocycles. The molecule has 134 valence electrons. The summed E-state index contributed by atoms with van der Waals surface area (Å²) < 4.78 is 0. The molecule has 1 aliphatic rings. The smallest absolute Gasteiger partial charge is 0.269 e. The van der Waals surface area contributed by atoms with Gasteiger partial charge in [0.2, 0.25) is 5.91 Å². The van der Waals surface area contributed by atoms with Gasteiger partial charge < -0.3 is 5.73 Å². The van der Waals surface area contributed by atoms with Gasteiger partial charge >= 0.3 is 0 Å². The monoisotopic (exact) mass is 370 g/mol. The number of anilines is 1. The van der Waals surface area contributed by atoms with Crippen molar-refractivity contribution in [2.24, 2.45) is 11.7 Å². The molecule has 0 radical (unpaired) electrons. The highest BCUT2D eigenvalue weighted by Crippen LogP contribution is 2.47. The third-order valence-electron chi connectivity index (χ3n) is 4.39. The Morgan fingerprint density at radius 3 is 2.38 bits per heavy atom. The van der Waals surface area contributed by atoms with E-state index in [1.807, 2.05) is 31.2 Å². The van der Waals surface area contributed by atoms with Crippen LogP contribution < -0.4 is 16.2 Å². The van der Waals surface area contributed by atoms with Crippen molar-refractivity contribution < 1.29 is 9.72 Å². The highest BCUT2D eigenvalue weighted by Gasteiger charge is 2.44. The lowest BCUT2D eigenvalue weighted by molar-refractivity contribution is -0.384. The van der Waals surface area contributed by atoms with E-state index in [0.29, 0.717) is 5.69 Å². The van der Waals surface area contributed by atoms with Crippen molar-refractivity contribution in [1.29, 1.82) is 0 Å². The van der Waals surface area contributed by atoms with E-state index in [1.54, 1.807) is 0 Å². The Hall–Kier alpha value is -3.00. The number of amides is 1. The number of non-ortho nitro benzene ring substituents is 1. The Balaban J connectivity index is 1.69. The van der Waals surface area contributed by atoms with Gasteiger partial charge in [0.15, 0.2) is 5.11 Å². The van der Waals surface area contributed by atoms with E-state index in [1.165, 1.54) is 34.8 Å². The van der Waals surface area contributed by atoms with Crippen LogP contribution in [-0.2, 0) is 4.79 Å². The second-order valence-corrected chi connectivity index (χ2v) is 6.70. The summed E-state index contributed by atoms with van der Waals surface area (Å²) in [5.41, 5.74) is 11.1. The minimum Gasteiger partial charge on any atom is -0.374 e. The van der Waals surface area contributed by atoms with E-state index in [2.05, 4.69) is 5.43 Å². The van der Waals surface area contributed by atoms with Gasteiger partial charge in [0.25, 0.3) is 5.69 Å². The highest BCUT2D eigenvalue weighted by molar-refractivity contribution is 7.80. The Morgan fingerprint density at radius 1 is 1.23 bits per heavy atom. The van der Waals surface area contributed by atoms with Crippen LogP contribution in [0, 0.1) is 23.0 Å². The van der Waals surface area contributed by atoms with Gasteiger partial charge in [0.1, 0.15) is 0 Å². The first-order valence-corrected chi connectivity index (χ1v) is 8.48. The standard InChI is InChI=1S/C18H18N4O3S/c1-11-2-4-12(5-3-11)15-10-16(15)17(23)20-21(18(19)26)13-6-8-14(9-7-13)22(24)25/h2-9,15-16H,10H2,1H3,(H2,19,26)(H,20,23). The van der Waals surface area contributed by atoms with Gasteiger partial charge in [-0.2, -0.15) is 0 Å². The van der Waals surface area contributed by atoms with Crippen LogP contribution in [0.15, 0.2) is 48.5 Å². The van der Waals surface area contributed by atoms with E-state index in [-0.39, 0.29) is 28.5 Å². The molecule has 0 aromatic heterocycles. The van der Waals surface area contributed by atoms with Crippen LogP contribution in [-0.4, -0.2) is 15.9 Å². The molecule has 1 aliphatic carbocycles. The molecule has 3 N–H and O–H groups in total. The molecule has 7 nitrogen and oxygen atoms in total. The summed E-state index contributed by atoms with van der Waals surface area (Å²) in [6, 6.07) is 13.8. The number of carbonyl (C=O) groups is 1. The number of benzene rings is 2. The molecule has 0 bridgehead atoms. The largest absolute Gasteiger partial charge is 0.374 e. The van der Waals surface area contributed by atoms with Gasteiger partial charge in [-0.3, -0.25) is 20.3 Å². The lowest BCUT2D eigenvalue weighted by Gasteiger charge is -2.23. The number of carbonyl (C=O) groups excluding carboxylic acids is 1. The number of hydrazine groups is 1. The molecule has 2 aromatic rings. The molecule has 2 atom stereocenters. The summed E-state index contributed by atoms with van der Waals surface area (Å²) in [4.78, 5) is 22.8. The summed E-state index contributed by atoms with van der Waals surface area (Å²) in [7, 11) is 0. The number of nitro benzene ring substituents is 1. The first kappa shape index (κ1) is 17.8. The summed E-state index contributed by atoms with van der Waals surface area (Å²) in [5.74, 6) is -0.144. The molecular weight excluding hydrogens is 352 g/mol. The summed E-state index contributed by atoms with van der Waals surface area (Å²) >= 11 is 5.00. The lowest BCUT2D eigenvalue weighted by Crippen LogP contribution is -2.49. The molecule has 26 heavy (non-hydrogen) atoms. The van der Waals surface area contributed by atoms with E-state index >= 15 is 0 Å². The predicted molar refractivity (Wildman–Crippen MR) is 103 cm³/mol. The van der Waals surface area contributed by atoms with Crippen LogP contribution >= 0.6 is 12.2 Å². The molecule has 3 rings (SSSR count). The second kappa shape index (κ2) is 7.09. The van der Waals surface area contributed by atoms with Gasteiger partial charge in [-0.05, 0) is 49.2 Å². The van der Waals surface area contributed by atoms with Crippen LogP contribution in [0.3, 0.4) is 0 Å². The Morgan fingerprint density at radius 2 is 1.85 bits per heavy atom. The van der Waals surface area contributed by atoms with Gasteiger partial charge in [-0.25, -0.2) is 5.01 Å². The average Bonchev–Trinajstić information content (AvgIpc) is 3.41. The number of thiocarbonyl (C=S) groups is 1. The minimum absolute atomic E-state index is 0.0419. The zero-order valence-corrected chi connectivity index (χ0v) is 14.9. The maximum Gasteiger partial charge on any atom is 0.269 e. The number of hydrogen-bond donors (Lipinski definition) is 2. The van der Waals surface area contributed by atoms with Gasteiger partial charge in [0.05, 0.1) is 10.6 Å². The van der Waals surface area contributed by atoms with Crippen molar-refractivity contribution in [1.82, 2.24) is 5.43 Å². The number of aryl methyl sites for hydroxylation is 1. The van der Waals surface area contributed by atoms with Crippen LogP contribution in [0.1, 0.15) is 23.5 Å². The lowest BCUT2D eigenvalue weighted by atomic mass is 10.1. The number of nitrogens with two attached hydrogens (primary N) is 1. The first-order chi connectivity index (χ1) is 12.4. The topological polar surface area (TPSA) is 102 Å². The molecular formula is C18H18N4O3S. The summed E-state index contributed by atoms with van der Waals surface area (Å²) in [6.07, 6.45) is 0.764. The Labute approximate surface area is 155 Å². The quantitative estimate of drug-likeness (QED) is 0.487. The fourth-order valence-electron chi connectivity index (χ4n) is 2.83. The van der Waals surface area contributed by atoms with Gasteiger partial charge in [-0.15, -0.1) is 0 Å². The van der Waals surface area contributed by atoms with Crippen LogP contribution in [0.5, 0.6) is 0 Å². The third kappa shape index (κ3) is 3.80. The fourth-order valence-corrected chi connectivity index (χ4v) is 2.98. The third-order valence-corrected chi connectivity index (χ3v) is 4.58. The first-order valence-electron chi connectivity index (χ1n) is 8.08. The van der Waals surface area contributed by atoms with E-state index < -0.39 is 4.92 Å². The summed E-state index contributed by atoms with van der Waals surface area (Å²) in [6.45, 7) is 2.02. The fraction of sp³-hybridized carbons (Fsp3) is 0.222. The molecule has 2 aromatic carbocycles. The average molecular weight is 370 g/mol. The van der Waals surface area contributed by atoms with E-state index in [4.69, 9.17) is 18.0 Å². The zero-order chi connectivity index (χ0) is 18.8. The maximum absolute atomic E-state index is 12.5. The molecule has 0 aliphatic heterocycles. The molecule has 1 fully saturated rings. The van der Waals surface area contributed by atoms with Crippen molar-refractivity contribution in [3.8, 4) is 0 Å². The molecule has 1 amide bonds. The number of hydrogen-bond acceptors (Lipinski definition) is 4. The molecule has 8 heteroatoms. The normalized spacial score (nSPS) is 18.0. The molecule has 0 spiro atoms. The second-order valence-electron chi connectivity index (χ2n) is 6.28. The van der Waals surface area contributed by atoms with Gasteiger partial charge in [0, 0.05) is 18.1 Å². The number of rotatable bonds is 4. The van der Waals surface area contributed by atoms with Crippen molar-refractivity contribution in [2.75, 3.05) is 5.01 Å². The van der Waals surface area contributed by atoms with Crippen LogP contribution in [0.2, 0.25) is 0 Å². The molecule has 0 heterocycles. The number of nitrogens with zero attached hydrogens (tertiary/aromatic N) is 2. The Kier molecular flexibility index (Phi) is 4.85. The number of nitro groups is 1. The van der Waals surface area contributed by atoms with E-state index in [0.717, 1.165) is 12.0 Å².